The zero-order valence-corrected chi connectivity index (χ0v) is 17.4. The Morgan fingerprint density at radius 1 is 1.21 bits per heavy atom. The van der Waals surface area contributed by atoms with Gasteiger partial charge in [-0.2, -0.15) is 0 Å². The summed E-state index contributed by atoms with van der Waals surface area (Å²) < 4.78 is 10.8. The van der Waals surface area contributed by atoms with Gasteiger partial charge in [-0.15, -0.1) is 0 Å². The van der Waals surface area contributed by atoms with E-state index in [0.29, 0.717) is 11.4 Å². The lowest BCUT2D eigenvalue weighted by atomic mass is 9.95. The maximum absolute atomic E-state index is 12.6. The van der Waals surface area contributed by atoms with E-state index in [4.69, 9.17) is 9.47 Å². The molecule has 1 aliphatic carbocycles. The van der Waals surface area contributed by atoms with Crippen molar-refractivity contribution in [2.24, 2.45) is 5.92 Å². The van der Waals surface area contributed by atoms with Gasteiger partial charge in [0, 0.05) is 19.0 Å². The second-order valence-electron chi connectivity index (χ2n) is 8.00. The van der Waals surface area contributed by atoms with Crippen molar-refractivity contribution in [3.8, 4) is 5.75 Å². The fourth-order valence-corrected chi connectivity index (χ4v) is 4.00. The SMILES string of the molecule is COc1ccc(C)cc1N1C[C@H](C(=O)O[C@H](C)C(=O)NC2CCCCC2)CC1=O. The van der Waals surface area contributed by atoms with Crippen LogP contribution in [-0.2, 0) is 19.1 Å². The van der Waals surface area contributed by atoms with Gasteiger partial charge in [0.05, 0.1) is 18.7 Å². The van der Waals surface area contributed by atoms with Gasteiger partial charge in [-0.3, -0.25) is 14.4 Å². The number of nitrogens with zero attached hydrogens (tertiary/aromatic N) is 1. The second-order valence-corrected chi connectivity index (χ2v) is 8.00. The van der Waals surface area contributed by atoms with Crippen LogP contribution < -0.4 is 15.0 Å². The number of esters is 1. The van der Waals surface area contributed by atoms with Crippen LogP contribution in [0.25, 0.3) is 0 Å². The van der Waals surface area contributed by atoms with Gasteiger partial charge < -0.3 is 19.7 Å². The number of carbonyl (C=O) groups excluding carboxylic acids is 3. The molecule has 1 saturated carbocycles. The first-order valence-electron chi connectivity index (χ1n) is 10.3. The molecule has 0 unspecified atom stereocenters. The van der Waals surface area contributed by atoms with E-state index in [-0.39, 0.29) is 30.8 Å². The van der Waals surface area contributed by atoms with E-state index in [2.05, 4.69) is 5.32 Å². The van der Waals surface area contributed by atoms with Crippen LogP contribution in [0.15, 0.2) is 18.2 Å². The largest absolute Gasteiger partial charge is 0.495 e. The molecule has 2 amide bonds. The van der Waals surface area contributed by atoms with E-state index in [9.17, 15) is 14.4 Å². The van der Waals surface area contributed by atoms with Crippen LogP contribution in [0.3, 0.4) is 0 Å². The molecule has 0 radical (unpaired) electrons. The average Bonchev–Trinajstić information content (AvgIpc) is 3.10. The number of hydrogen-bond acceptors (Lipinski definition) is 5. The molecule has 0 spiro atoms. The highest BCUT2D eigenvalue weighted by Gasteiger charge is 2.38. The lowest BCUT2D eigenvalue weighted by Crippen LogP contribution is -2.43. The van der Waals surface area contributed by atoms with Crippen LogP contribution in [0.4, 0.5) is 5.69 Å². The number of rotatable bonds is 6. The first-order chi connectivity index (χ1) is 13.9. The van der Waals surface area contributed by atoms with Crippen LogP contribution in [-0.4, -0.2) is 43.6 Å². The van der Waals surface area contributed by atoms with Crippen molar-refractivity contribution in [2.75, 3.05) is 18.6 Å². The molecule has 1 aliphatic heterocycles. The van der Waals surface area contributed by atoms with Crippen LogP contribution in [0, 0.1) is 12.8 Å². The third-order valence-electron chi connectivity index (χ3n) is 5.70. The summed E-state index contributed by atoms with van der Waals surface area (Å²) >= 11 is 0. The summed E-state index contributed by atoms with van der Waals surface area (Å²) in [5.74, 6) is -0.962. The average molecular weight is 402 g/mol. The molecule has 2 fully saturated rings. The number of anilines is 1. The molecule has 0 bridgehead atoms. The first-order valence-corrected chi connectivity index (χ1v) is 10.3. The number of nitrogens with one attached hydrogen (secondary N) is 1. The fraction of sp³-hybridized carbons (Fsp3) is 0.591. The third-order valence-corrected chi connectivity index (χ3v) is 5.70. The summed E-state index contributed by atoms with van der Waals surface area (Å²) in [6.07, 6.45) is 4.56. The van der Waals surface area contributed by atoms with Crippen LogP contribution in [0.5, 0.6) is 5.75 Å². The Morgan fingerprint density at radius 2 is 1.93 bits per heavy atom. The normalized spacial score (nSPS) is 21.0. The Labute approximate surface area is 171 Å². The van der Waals surface area contributed by atoms with E-state index in [1.807, 2.05) is 19.1 Å². The Balaban J connectivity index is 1.58. The lowest BCUT2D eigenvalue weighted by Gasteiger charge is -2.24. The van der Waals surface area contributed by atoms with E-state index in [1.165, 1.54) is 6.42 Å². The highest BCUT2D eigenvalue weighted by atomic mass is 16.5. The molecule has 7 heteroatoms. The number of hydrogen-bond donors (Lipinski definition) is 1. The van der Waals surface area contributed by atoms with Crippen LogP contribution in [0.2, 0.25) is 0 Å². The maximum atomic E-state index is 12.6. The van der Waals surface area contributed by atoms with Gasteiger partial charge in [-0.25, -0.2) is 0 Å². The van der Waals surface area contributed by atoms with Gasteiger partial charge in [0.25, 0.3) is 5.91 Å². The molecule has 29 heavy (non-hydrogen) atoms. The van der Waals surface area contributed by atoms with Crippen LogP contribution >= 0.6 is 0 Å². The minimum absolute atomic E-state index is 0.0624. The highest BCUT2D eigenvalue weighted by molar-refractivity contribution is 6.00. The third kappa shape index (κ3) is 5.08. The molecule has 1 saturated heterocycles. The smallest absolute Gasteiger partial charge is 0.312 e. The Hall–Kier alpha value is -2.57. The van der Waals surface area contributed by atoms with Gasteiger partial charge in [0.15, 0.2) is 6.10 Å². The second kappa shape index (κ2) is 9.29. The topological polar surface area (TPSA) is 84.9 Å². The fourth-order valence-electron chi connectivity index (χ4n) is 4.00. The minimum Gasteiger partial charge on any atom is -0.495 e. The highest BCUT2D eigenvalue weighted by Crippen LogP contribution is 2.34. The zero-order chi connectivity index (χ0) is 21.0. The van der Waals surface area contributed by atoms with Gasteiger partial charge >= 0.3 is 5.97 Å². The maximum Gasteiger partial charge on any atom is 0.312 e. The van der Waals surface area contributed by atoms with Crippen molar-refractivity contribution in [3.05, 3.63) is 23.8 Å². The van der Waals surface area contributed by atoms with Crippen LogP contribution in [0.1, 0.15) is 51.0 Å². The number of amides is 2. The number of benzene rings is 1. The molecular weight excluding hydrogens is 372 g/mol. The lowest BCUT2D eigenvalue weighted by molar-refractivity contribution is -0.158. The molecule has 2 atom stereocenters. The monoisotopic (exact) mass is 402 g/mol. The number of methoxy groups -OCH3 is 1. The molecule has 1 N–H and O–H groups in total. The molecule has 2 aliphatic rings. The summed E-state index contributed by atoms with van der Waals surface area (Å²) in [6.45, 7) is 3.73. The minimum atomic E-state index is -0.873. The number of aryl methyl sites for hydroxylation is 1. The summed E-state index contributed by atoms with van der Waals surface area (Å²) in [5, 5.41) is 2.97. The van der Waals surface area contributed by atoms with Crippen molar-refractivity contribution in [1.82, 2.24) is 5.32 Å². The molecule has 7 nitrogen and oxygen atoms in total. The van der Waals surface area contributed by atoms with Gasteiger partial charge in [0.2, 0.25) is 5.91 Å². The van der Waals surface area contributed by atoms with Crippen molar-refractivity contribution in [2.45, 2.75) is 64.5 Å². The molecular formula is C22H30N2O5. The van der Waals surface area contributed by atoms with Crippen molar-refractivity contribution < 1.29 is 23.9 Å². The van der Waals surface area contributed by atoms with E-state index >= 15 is 0 Å². The molecule has 1 aromatic carbocycles. The molecule has 1 aromatic rings. The summed E-state index contributed by atoms with van der Waals surface area (Å²) in [5.41, 5.74) is 1.64. The predicted molar refractivity (Wildman–Crippen MR) is 109 cm³/mol. The number of carbonyl (C=O) groups is 3. The molecule has 1 heterocycles. The van der Waals surface area contributed by atoms with Gasteiger partial charge in [-0.1, -0.05) is 25.3 Å². The summed E-state index contributed by atoms with van der Waals surface area (Å²) in [6, 6.07) is 5.74. The molecule has 0 aromatic heterocycles. The standard InChI is InChI=1S/C22H30N2O5/c1-14-9-10-19(28-3)18(11-14)24-13-16(12-20(24)25)22(27)29-15(2)21(26)23-17-7-5-4-6-8-17/h9-11,15-17H,4-8,12-13H2,1-3H3,(H,23,26)/t15-,16-/m1/s1. The Kier molecular flexibility index (Phi) is 6.77. The van der Waals surface area contributed by atoms with Crippen molar-refractivity contribution >= 4 is 23.5 Å². The van der Waals surface area contributed by atoms with Crippen molar-refractivity contribution in [3.63, 3.8) is 0 Å². The van der Waals surface area contributed by atoms with Crippen molar-refractivity contribution in [1.29, 1.82) is 0 Å². The zero-order valence-electron chi connectivity index (χ0n) is 17.4. The number of ether oxygens (including phenoxy) is 2. The molecule has 158 valence electrons. The Bertz CT molecular complexity index is 772. The van der Waals surface area contributed by atoms with E-state index in [0.717, 1.165) is 31.2 Å². The van der Waals surface area contributed by atoms with E-state index in [1.54, 1.807) is 25.0 Å². The van der Waals surface area contributed by atoms with E-state index < -0.39 is 18.0 Å². The Morgan fingerprint density at radius 3 is 2.62 bits per heavy atom. The molecule has 3 rings (SSSR count). The quantitative estimate of drug-likeness (QED) is 0.740. The predicted octanol–water partition coefficient (Wildman–Crippen LogP) is 2.74. The van der Waals surface area contributed by atoms with Gasteiger partial charge in [-0.05, 0) is 44.4 Å². The first kappa shape index (κ1) is 21.1. The summed E-state index contributed by atoms with van der Waals surface area (Å²) in [7, 11) is 1.55. The van der Waals surface area contributed by atoms with Gasteiger partial charge in [0.1, 0.15) is 5.75 Å². The summed E-state index contributed by atoms with van der Waals surface area (Å²) in [4.78, 5) is 39.0.